The van der Waals surface area contributed by atoms with Crippen LogP contribution in [0.15, 0.2) is 41.5 Å². The minimum absolute atomic E-state index is 0.0775. The van der Waals surface area contributed by atoms with Crippen molar-refractivity contribution in [2.24, 2.45) is 5.10 Å². The first-order chi connectivity index (χ1) is 14.2. The standard InChI is InChI=1S/C24H27ClN2O3/c1-6-12-30-23-20(25)13-18(14-21(23)29-7-2)16-26-27-22(28)15-17-8-10-19(11-9-17)24(3,4)5/h1,8-11,13-14,16H,7,12,15H2,2-5H3,(H,27,28)/b26-16-. The van der Waals surface area contributed by atoms with Crippen molar-refractivity contribution < 1.29 is 14.3 Å². The molecule has 0 saturated carbocycles. The molecule has 0 spiro atoms. The molecular weight excluding hydrogens is 400 g/mol. The summed E-state index contributed by atoms with van der Waals surface area (Å²) < 4.78 is 11.0. The van der Waals surface area contributed by atoms with Crippen molar-refractivity contribution in [2.75, 3.05) is 13.2 Å². The molecule has 0 radical (unpaired) electrons. The lowest BCUT2D eigenvalue weighted by Crippen LogP contribution is -2.20. The smallest absolute Gasteiger partial charge is 0.244 e. The lowest BCUT2D eigenvalue weighted by atomic mass is 9.86. The summed E-state index contributed by atoms with van der Waals surface area (Å²) in [5.74, 6) is 3.04. The summed E-state index contributed by atoms with van der Waals surface area (Å²) in [6.45, 7) is 8.84. The summed E-state index contributed by atoms with van der Waals surface area (Å²) in [7, 11) is 0. The van der Waals surface area contributed by atoms with Gasteiger partial charge < -0.3 is 9.47 Å². The van der Waals surface area contributed by atoms with E-state index in [0.717, 1.165) is 5.56 Å². The van der Waals surface area contributed by atoms with Crippen LogP contribution in [0.3, 0.4) is 0 Å². The van der Waals surface area contributed by atoms with E-state index in [-0.39, 0.29) is 24.3 Å². The Morgan fingerprint density at radius 1 is 1.23 bits per heavy atom. The fourth-order valence-corrected chi connectivity index (χ4v) is 2.98. The van der Waals surface area contributed by atoms with Crippen LogP contribution in [0.5, 0.6) is 11.5 Å². The van der Waals surface area contributed by atoms with Crippen molar-refractivity contribution in [1.82, 2.24) is 5.43 Å². The molecule has 0 aliphatic rings. The Morgan fingerprint density at radius 2 is 1.93 bits per heavy atom. The van der Waals surface area contributed by atoms with E-state index in [9.17, 15) is 4.79 Å². The van der Waals surface area contributed by atoms with Crippen LogP contribution in [0, 0.1) is 12.3 Å². The molecule has 0 bridgehead atoms. The Hall–Kier alpha value is -2.97. The molecule has 30 heavy (non-hydrogen) atoms. The van der Waals surface area contributed by atoms with Gasteiger partial charge in [0.15, 0.2) is 11.5 Å². The Bertz CT molecular complexity index is 939. The fourth-order valence-electron chi connectivity index (χ4n) is 2.71. The van der Waals surface area contributed by atoms with Gasteiger partial charge in [-0.15, -0.1) is 6.42 Å². The predicted octanol–water partition coefficient (Wildman–Crippen LogP) is 4.74. The minimum atomic E-state index is -0.208. The van der Waals surface area contributed by atoms with E-state index in [0.29, 0.717) is 28.7 Å². The number of terminal acetylenes is 1. The molecule has 0 aromatic heterocycles. The molecule has 2 rings (SSSR count). The Kier molecular flexibility index (Phi) is 8.32. The number of hydrazone groups is 1. The number of benzene rings is 2. The van der Waals surface area contributed by atoms with E-state index >= 15 is 0 Å². The topological polar surface area (TPSA) is 59.9 Å². The number of carbonyl (C=O) groups excluding carboxylic acids is 1. The van der Waals surface area contributed by atoms with Gasteiger partial charge in [0.1, 0.15) is 6.61 Å². The van der Waals surface area contributed by atoms with Gasteiger partial charge in [0.25, 0.3) is 0 Å². The van der Waals surface area contributed by atoms with Crippen molar-refractivity contribution in [1.29, 1.82) is 0 Å². The average molecular weight is 427 g/mol. The number of nitrogens with one attached hydrogen (secondary N) is 1. The molecule has 1 N–H and O–H groups in total. The maximum atomic E-state index is 12.2. The number of ether oxygens (including phenoxy) is 2. The molecule has 0 aliphatic heterocycles. The monoisotopic (exact) mass is 426 g/mol. The molecule has 1 amide bonds. The second-order valence-electron chi connectivity index (χ2n) is 7.67. The molecule has 6 heteroatoms. The van der Waals surface area contributed by atoms with Crippen LogP contribution >= 0.6 is 11.6 Å². The van der Waals surface area contributed by atoms with Gasteiger partial charge in [-0.2, -0.15) is 5.10 Å². The maximum Gasteiger partial charge on any atom is 0.244 e. The first kappa shape index (κ1) is 23.3. The third-order valence-corrected chi connectivity index (χ3v) is 4.50. The number of hydrogen-bond acceptors (Lipinski definition) is 4. The van der Waals surface area contributed by atoms with Crippen molar-refractivity contribution >= 4 is 23.7 Å². The number of amides is 1. The highest BCUT2D eigenvalue weighted by atomic mass is 35.5. The van der Waals surface area contributed by atoms with Gasteiger partial charge in [-0.3, -0.25) is 4.79 Å². The summed E-state index contributed by atoms with van der Waals surface area (Å²) >= 11 is 6.28. The molecule has 0 atom stereocenters. The summed E-state index contributed by atoms with van der Waals surface area (Å²) in [5.41, 5.74) is 5.42. The van der Waals surface area contributed by atoms with Crippen LogP contribution in [0.4, 0.5) is 0 Å². The zero-order chi connectivity index (χ0) is 22.1. The Morgan fingerprint density at radius 3 is 2.53 bits per heavy atom. The van der Waals surface area contributed by atoms with Crippen LogP contribution in [-0.4, -0.2) is 25.3 Å². The third kappa shape index (κ3) is 6.82. The number of hydrogen-bond donors (Lipinski definition) is 1. The van der Waals surface area contributed by atoms with Gasteiger partial charge in [-0.05, 0) is 41.2 Å². The molecule has 158 valence electrons. The summed E-state index contributed by atoms with van der Waals surface area (Å²) in [5, 5.41) is 4.37. The molecule has 0 heterocycles. The van der Waals surface area contributed by atoms with Gasteiger partial charge in [0, 0.05) is 0 Å². The van der Waals surface area contributed by atoms with Gasteiger partial charge in [0.05, 0.1) is 24.3 Å². The number of nitrogens with zero attached hydrogens (tertiary/aromatic N) is 1. The Labute approximate surface area is 183 Å². The minimum Gasteiger partial charge on any atom is -0.490 e. The van der Waals surface area contributed by atoms with Crippen LogP contribution < -0.4 is 14.9 Å². The van der Waals surface area contributed by atoms with Crippen molar-refractivity contribution in [3.8, 4) is 23.8 Å². The maximum absolute atomic E-state index is 12.2. The average Bonchev–Trinajstić information content (AvgIpc) is 2.67. The number of halogens is 1. The van der Waals surface area contributed by atoms with Crippen LogP contribution in [0.25, 0.3) is 0 Å². The first-order valence-corrected chi connectivity index (χ1v) is 10.1. The summed E-state index contributed by atoms with van der Waals surface area (Å²) in [6.07, 6.45) is 6.98. The lowest BCUT2D eigenvalue weighted by Gasteiger charge is -2.19. The first-order valence-electron chi connectivity index (χ1n) is 9.68. The molecular formula is C24H27ClN2O3. The highest BCUT2D eigenvalue weighted by Gasteiger charge is 2.14. The quantitative estimate of drug-likeness (QED) is 0.376. The van der Waals surface area contributed by atoms with Crippen molar-refractivity contribution in [3.05, 3.63) is 58.1 Å². The van der Waals surface area contributed by atoms with Crippen LogP contribution in [0.2, 0.25) is 5.02 Å². The summed E-state index contributed by atoms with van der Waals surface area (Å²) in [6, 6.07) is 11.4. The second kappa shape index (κ2) is 10.7. The van der Waals surface area contributed by atoms with E-state index in [1.165, 1.54) is 11.8 Å². The third-order valence-electron chi connectivity index (χ3n) is 4.22. The van der Waals surface area contributed by atoms with E-state index in [2.05, 4.69) is 37.2 Å². The fraction of sp³-hybridized carbons (Fsp3) is 0.333. The van der Waals surface area contributed by atoms with Crippen molar-refractivity contribution in [2.45, 2.75) is 39.5 Å². The largest absolute Gasteiger partial charge is 0.490 e. The van der Waals surface area contributed by atoms with Crippen LogP contribution in [-0.2, 0) is 16.6 Å². The Balaban J connectivity index is 2.02. The van der Waals surface area contributed by atoms with Gasteiger partial charge >= 0.3 is 0 Å². The SMILES string of the molecule is C#CCOc1c(Cl)cc(/C=N\NC(=O)Cc2ccc(C(C)(C)C)cc2)cc1OCC. The molecule has 0 saturated heterocycles. The normalized spacial score (nSPS) is 11.2. The molecule has 0 unspecified atom stereocenters. The van der Waals surface area contributed by atoms with E-state index in [4.69, 9.17) is 27.5 Å². The van der Waals surface area contributed by atoms with E-state index in [1.54, 1.807) is 12.1 Å². The number of rotatable bonds is 8. The molecule has 0 fully saturated rings. The molecule has 5 nitrogen and oxygen atoms in total. The number of carbonyl (C=O) groups is 1. The van der Waals surface area contributed by atoms with Gasteiger partial charge in [0.2, 0.25) is 5.91 Å². The van der Waals surface area contributed by atoms with E-state index < -0.39 is 0 Å². The van der Waals surface area contributed by atoms with Gasteiger partial charge in [-0.1, -0.05) is 62.6 Å². The second-order valence-corrected chi connectivity index (χ2v) is 8.08. The van der Waals surface area contributed by atoms with E-state index in [1.807, 2.05) is 31.2 Å². The van der Waals surface area contributed by atoms with Crippen molar-refractivity contribution in [3.63, 3.8) is 0 Å². The zero-order valence-electron chi connectivity index (χ0n) is 17.8. The lowest BCUT2D eigenvalue weighted by molar-refractivity contribution is -0.120. The van der Waals surface area contributed by atoms with Gasteiger partial charge in [-0.25, -0.2) is 5.43 Å². The highest BCUT2D eigenvalue weighted by molar-refractivity contribution is 6.32. The molecule has 2 aromatic carbocycles. The zero-order valence-corrected chi connectivity index (χ0v) is 18.5. The summed E-state index contributed by atoms with van der Waals surface area (Å²) in [4.78, 5) is 12.2. The molecule has 0 aliphatic carbocycles. The van der Waals surface area contributed by atoms with Crippen LogP contribution in [0.1, 0.15) is 44.4 Å². The molecule has 2 aromatic rings. The highest BCUT2D eigenvalue weighted by Crippen LogP contribution is 2.36. The predicted molar refractivity (Wildman–Crippen MR) is 122 cm³/mol.